The second-order valence-electron chi connectivity index (χ2n) is 5.47. The summed E-state index contributed by atoms with van der Waals surface area (Å²) in [7, 11) is 0.741. The maximum absolute atomic E-state index is 14.3. The lowest BCUT2D eigenvalue weighted by Crippen LogP contribution is -2.59. The quantitative estimate of drug-likeness (QED) is 0.450. The third-order valence-corrected chi connectivity index (χ3v) is 2.43. The van der Waals surface area contributed by atoms with Gasteiger partial charge in [-0.25, -0.2) is 9.18 Å². The summed E-state index contributed by atoms with van der Waals surface area (Å²) in [6.07, 6.45) is 0. The van der Waals surface area contributed by atoms with Crippen molar-refractivity contribution in [3.8, 4) is 0 Å². The summed E-state index contributed by atoms with van der Waals surface area (Å²) < 4.78 is 48.7. The molecule has 19 heavy (non-hydrogen) atoms. The Balaban J connectivity index is 5.56. The molecule has 0 radical (unpaired) electrons. The molecule has 8 heteroatoms. The van der Waals surface area contributed by atoms with Gasteiger partial charge in [0.25, 0.3) is 0 Å². The number of carbonyl (C=O) groups excluding carboxylic acids is 2. The molecule has 0 spiro atoms. The van der Waals surface area contributed by atoms with Crippen LogP contribution in [0.25, 0.3) is 0 Å². The number of hydrogen-bond donors (Lipinski definition) is 0. The van der Waals surface area contributed by atoms with Crippen molar-refractivity contribution in [3.05, 3.63) is 0 Å². The average molecular weight is 285 g/mol. The molecule has 1 atom stereocenters. The number of nitrogens with zero attached hydrogens (tertiary/aromatic N) is 1. The fourth-order valence-corrected chi connectivity index (χ4v) is 1.21. The molecule has 0 aromatic heterocycles. The highest BCUT2D eigenvalue weighted by Crippen LogP contribution is 2.41. The molecule has 112 valence electrons. The van der Waals surface area contributed by atoms with Gasteiger partial charge in [0.2, 0.25) is 0 Å². The fourth-order valence-electron chi connectivity index (χ4n) is 1.21. The standard InChI is InChI=1S/C11H18F3NO4/c1-9(2,3)19-7(16)10(4,5)11(12,15(13)14)8(17)18-6/h1-6H3/t11-/m1/s1. The van der Waals surface area contributed by atoms with Gasteiger partial charge < -0.3 is 9.47 Å². The fraction of sp³-hybridized carbons (Fsp3) is 0.818. The van der Waals surface area contributed by atoms with Gasteiger partial charge >= 0.3 is 17.7 Å². The lowest BCUT2D eigenvalue weighted by atomic mass is 9.82. The highest BCUT2D eigenvalue weighted by atomic mass is 19.4. The Morgan fingerprint density at radius 2 is 1.42 bits per heavy atom. The summed E-state index contributed by atoms with van der Waals surface area (Å²) in [4.78, 5) is 23.1. The van der Waals surface area contributed by atoms with Crippen molar-refractivity contribution in [1.82, 2.24) is 5.34 Å². The Morgan fingerprint density at radius 1 is 1.00 bits per heavy atom. The van der Waals surface area contributed by atoms with Gasteiger partial charge in [0.1, 0.15) is 11.0 Å². The topological polar surface area (TPSA) is 55.8 Å². The summed E-state index contributed by atoms with van der Waals surface area (Å²) >= 11 is 0. The lowest BCUT2D eigenvalue weighted by Gasteiger charge is -2.36. The van der Waals surface area contributed by atoms with Crippen molar-refractivity contribution in [1.29, 1.82) is 0 Å². The summed E-state index contributed by atoms with van der Waals surface area (Å²) in [5.41, 5.74) is -3.47. The summed E-state index contributed by atoms with van der Waals surface area (Å²) in [6, 6.07) is 0. The van der Waals surface area contributed by atoms with E-state index in [0.717, 1.165) is 21.0 Å². The van der Waals surface area contributed by atoms with Crippen LogP contribution in [0.1, 0.15) is 34.6 Å². The molecule has 0 rings (SSSR count). The van der Waals surface area contributed by atoms with Crippen molar-refractivity contribution < 1.29 is 32.4 Å². The SMILES string of the molecule is COC(=O)[C@@](F)(N(F)F)C(C)(C)C(=O)OC(C)(C)C. The van der Waals surface area contributed by atoms with Crippen LogP contribution < -0.4 is 0 Å². The zero-order valence-electron chi connectivity index (χ0n) is 11.7. The third-order valence-electron chi connectivity index (χ3n) is 2.43. The summed E-state index contributed by atoms with van der Waals surface area (Å²) in [5.74, 6) is -7.11. The number of halogens is 3. The molecule has 0 saturated carbocycles. The van der Waals surface area contributed by atoms with Crippen molar-refractivity contribution >= 4 is 11.9 Å². The first-order valence-corrected chi connectivity index (χ1v) is 5.43. The molecule has 0 fully saturated rings. The van der Waals surface area contributed by atoms with Crippen LogP contribution in [-0.2, 0) is 19.1 Å². The van der Waals surface area contributed by atoms with Crippen molar-refractivity contribution in [2.24, 2.45) is 5.41 Å². The first-order valence-electron chi connectivity index (χ1n) is 5.43. The first kappa shape index (κ1) is 17.7. The van der Waals surface area contributed by atoms with E-state index in [9.17, 15) is 22.9 Å². The normalized spacial score (nSPS) is 15.9. The largest absolute Gasteiger partial charge is 0.465 e. The van der Waals surface area contributed by atoms with E-state index >= 15 is 0 Å². The van der Waals surface area contributed by atoms with E-state index in [1.807, 2.05) is 0 Å². The van der Waals surface area contributed by atoms with Crippen LogP contribution in [0.2, 0.25) is 0 Å². The lowest BCUT2D eigenvalue weighted by molar-refractivity contribution is -0.307. The van der Waals surface area contributed by atoms with Crippen molar-refractivity contribution in [3.63, 3.8) is 0 Å². The van der Waals surface area contributed by atoms with Crippen LogP contribution in [0.5, 0.6) is 0 Å². The molecular weight excluding hydrogens is 267 g/mol. The van der Waals surface area contributed by atoms with Crippen LogP contribution >= 0.6 is 0 Å². The molecule has 5 nitrogen and oxygen atoms in total. The first-order chi connectivity index (χ1) is 8.30. The van der Waals surface area contributed by atoms with Gasteiger partial charge in [-0.05, 0) is 34.6 Å². The van der Waals surface area contributed by atoms with Crippen molar-refractivity contribution in [2.75, 3.05) is 7.11 Å². The summed E-state index contributed by atoms with van der Waals surface area (Å²) in [5, 5.41) is -1.98. The van der Waals surface area contributed by atoms with Crippen LogP contribution in [0.4, 0.5) is 13.4 Å². The number of esters is 2. The van der Waals surface area contributed by atoms with Gasteiger partial charge in [0, 0.05) is 0 Å². The molecule has 0 aliphatic carbocycles. The number of alkyl halides is 1. The van der Waals surface area contributed by atoms with Gasteiger partial charge in [-0.1, -0.05) is 8.96 Å². The Bertz CT molecular complexity index is 365. The molecule has 0 aliphatic rings. The average Bonchev–Trinajstić information content (AvgIpc) is 2.23. The molecule has 0 amide bonds. The zero-order chi connectivity index (χ0) is 15.6. The molecule has 0 bridgehead atoms. The predicted molar refractivity (Wildman–Crippen MR) is 59.5 cm³/mol. The number of ether oxygens (including phenoxy) is 2. The minimum absolute atomic E-state index is 0.741. The molecule has 0 aromatic rings. The Kier molecular flexibility index (Phi) is 4.99. The molecule has 0 aromatic carbocycles. The molecule has 0 saturated heterocycles. The minimum atomic E-state index is -3.94. The maximum Gasteiger partial charge on any atom is 0.365 e. The van der Waals surface area contributed by atoms with Gasteiger partial charge in [-0.3, -0.25) is 4.79 Å². The molecule has 0 unspecified atom stereocenters. The van der Waals surface area contributed by atoms with Crippen LogP contribution in [0, 0.1) is 5.41 Å². The number of rotatable bonds is 4. The maximum atomic E-state index is 14.3. The highest BCUT2D eigenvalue weighted by molar-refractivity contribution is 5.89. The molecular formula is C11H18F3NO4. The Labute approximate surface area is 109 Å². The number of carbonyl (C=O) groups is 2. The second-order valence-corrected chi connectivity index (χ2v) is 5.47. The van der Waals surface area contributed by atoms with E-state index in [2.05, 4.69) is 4.74 Å². The van der Waals surface area contributed by atoms with E-state index in [4.69, 9.17) is 4.74 Å². The minimum Gasteiger partial charge on any atom is -0.465 e. The Morgan fingerprint density at radius 3 is 1.68 bits per heavy atom. The predicted octanol–water partition coefficient (Wildman–Crippen LogP) is 2.26. The molecule has 0 heterocycles. The zero-order valence-corrected chi connectivity index (χ0v) is 11.7. The molecule has 0 aliphatic heterocycles. The highest BCUT2D eigenvalue weighted by Gasteiger charge is 2.65. The van der Waals surface area contributed by atoms with E-state index in [-0.39, 0.29) is 0 Å². The smallest absolute Gasteiger partial charge is 0.365 e. The molecule has 0 N–H and O–H groups in total. The third kappa shape index (κ3) is 3.37. The van der Waals surface area contributed by atoms with E-state index in [0.29, 0.717) is 0 Å². The second kappa shape index (κ2) is 5.36. The monoisotopic (exact) mass is 285 g/mol. The van der Waals surface area contributed by atoms with Crippen molar-refractivity contribution in [2.45, 2.75) is 46.0 Å². The van der Waals surface area contributed by atoms with E-state index < -0.39 is 34.1 Å². The van der Waals surface area contributed by atoms with Gasteiger partial charge in [0.05, 0.1) is 12.5 Å². The van der Waals surface area contributed by atoms with Gasteiger partial charge in [0.15, 0.2) is 0 Å². The van der Waals surface area contributed by atoms with Gasteiger partial charge in [-0.15, -0.1) is 0 Å². The number of hydrogen-bond acceptors (Lipinski definition) is 5. The van der Waals surface area contributed by atoms with Gasteiger partial charge in [-0.2, -0.15) is 0 Å². The van der Waals surface area contributed by atoms with E-state index in [1.54, 1.807) is 0 Å². The Hall–Kier alpha value is -1.31. The van der Waals surface area contributed by atoms with Crippen LogP contribution in [0.3, 0.4) is 0 Å². The number of methoxy groups -OCH3 is 1. The van der Waals surface area contributed by atoms with E-state index in [1.165, 1.54) is 20.8 Å². The van der Waals surface area contributed by atoms with Crippen LogP contribution in [-0.4, -0.2) is 35.8 Å². The summed E-state index contributed by atoms with van der Waals surface area (Å²) in [6.45, 7) is 6.14. The van der Waals surface area contributed by atoms with Crippen LogP contribution in [0.15, 0.2) is 0 Å².